The molecule has 9 nitrogen and oxygen atoms in total. The summed E-state index contributed by atoms with van der Waals surface area (Å²) in [6.45, 7) is 2.16. The summed E-state index contributed by atoms with van der Waals surface area (Å²) in [7, 11) is 3.13. The fourth-order valence-electron chi connectivity index (χ4n) is 3.82. The lowest BCUT2D eigenvalue weighted by molar-refractivity contribution is 0.316. The van der Waals surface area contributed by atoms with Crippen molar-refractivity contribution in [2.75, 3.05) is 20.8 Å². The fraction of sp³-hybridized carbons (Fsp3) is 0.217. The highest BCUT2D eigenvalue weighted by atomic mass is 79.9. The third-order valence-electron chi connectivity index (χ3n) is 5.30. The van der Waals surface area contributed by atoms with E-state index in [9.17, 15) is 10.4 Å². The van der Waals surface area contributed by atoms with Crippen LogP contribution >= 0.6 is 15.9 Å². The molecule has 1 aliphatic rings. The molecule has 0 saturated carbocycles. The number of nitrogens with zero attached hydrogens (tertiary/aromatic N) is 2. The van der Waals surface area contributed by atoms with Gasteiger partial charge in [-0.05, 0) is 58.7 Å². The number of ether oxygens (including phenoxy) is 4. The van der Waals surface area contributed by atoms with Crippen LogP contribution in [0.15, 0.2) is 46.3 Å². The number of fused-ring (bicyclic) bond motifs is 1. The van der Waals surface area contributed by atoms with Crippen molar-refractivity contribution in [1.82, 2.24) is 10.2 Å². The summed E-state index contributed by atoms with van der Waals surface area (Å²) < 4.78 is 22.6. The maximum Gasteiger partial charge on any atom is 0.244 e. The molecule has 10 heteroatoms. The number of methoxy groups -OCH3 is 2. The van der Waals surface area contributed by atoms with Gasteiger partial charge in [-0.3, -0.25) is 5.10 Å². The number of rotatable bonds is 6. The van der Waals surface area contributed by atoms with Crippen molar-refractivity contribution in [3.63, 3.8) is 0 Å². The molecule has 0 unspecified atom stereocenters. The number of phenolic OH excluding ortho intramolecular Hbond substituents is 1. The molecule has 0 fully saturated rings. The van der Waals surface area contributed by atoms with Crippen LogP contribution in [0.4, 0.5) is 0 Å². The van der Waals surface area contributed by atoms with Gasteiger partial charge in [0.1, 0.15) is 23.1 Å². The summed E-state index contributed by atoms with van der Waals surface area (Å²) in [6, 6.07) is 10.9. The molecule has 1 aromatic heterocycles. The fourth-order valence-corrected chi connectivity index (χ4v) is 4.28. The molecule has 4 N–H and O–H groups in total. The second-order valence-electron chi connectivity index (χ2n) is 7.09. The number of aromatic nitrogens is 2. The first-order valence-electron chi connectivity index (χ1n) is 9.96. The molecule has 1 atom stereocenters. The minimum atomic E-state index is -0.653. The Morgan fingerprint density at radius 3 is 2.70 bits per heavy atom. The summed E-state index contributed by atoms with van der Waals surface area (Å²) in [5.74, 6) is 0.957. The average molecular weight is 513 g/mol. The van der Waals surface area contributed by atoms with Crippen molar-refractivity contribution >= 4 is 15.9 Å². The van der Waals surface area contributed by atoms with Crippen LogP contribution in [-0.2, 0) is 0 Å². The molecule has 0 radical (unpaired) electrons. The minimum absolute atomic E-state index is 0.0368. The molecule has 0 saturated heterocycles. The Labute approximate surface area is 198 Å². The van der Waals surface area contributed by atoms with Gasteiger partial charge in [-0.1, -0.05) is 0 Å². The number of nitrogens with two attached hydrogens (primary N) is 1. The highest BCUT2D eigenvalue weighted by Crippen LogP contribution is 2.49. The van der Waals surface area contributed by atoms with E-state index in [1.54, 1.807) is 44.6 Å². The van der Waals surface area contributed by atoms with E-state index in [0.717, 1.165) is 0 Å². The topological polar surface area (TPSA) is 136 Å². The summed E-state index contributed by atoms with van der Waals surface area (Å²) in [4.78, 5) is 0. The van der Waals surface area contributed by atoms with Gasteiger partial charge >= 0.3 is 0 Å². The Morgan fingerprint density at radius 2 is 2.03 bits per heavy atom. The third kappa shape index (κ3) is 3.81. The normalized spacial score (nSPS) is 14.8. The van der Waals surface area contributed by atoms with Crippen LogP contribution in [0.2, 0.25) is 0 Å². The van der Waals surface area contributed by atoms with Gasteiger partial charge in [0.05, 0.1) is 42.5 Å². The van der Waals surface area contributed by atoms with Gasteiger partial charge in [0.2, 0.25) is 11.8 Å². The van der Waals surface area contributed by atoms with Crippen molar-refractivity contribution in [2.24, 2.45) is 5.73 Å². The van der Waals surface area contributed by atoms with Gasteiger partial charge in [0, 0.05) is 5.56 Å². The molecule has 0 amide bonds. The highest BCUT2D eigenvalue weighted by Gasteiger charge is 2.37. The zero-order valence-corrected chi connectivity index (χ0v) is 19.7. The van der Waals surface area contributed by atoms with Crippen LogP contribution in [0.3, 0.4) is 0 Å². The first-order valence-corrected chi connectivity index (χ1v) is 10.8. The molecule has 0 bridgehead atoms. The lowest BCUT2D eigenvalue weighted by Crippen LogP contribution is -2.21. The maximum absolute atomic E-state index is 10.4. The Kier molecular flexibility index (Phi) is 6.07. The zero-order valence-electron chi connectivity index (χ0n) is 18.1. The van der Waals surface area contributed by atoms with Gasteiger partial charge in [0.15, 0.2) is 11.5 Å². The predicted molar refractivity (Wildman–Crippen MR) is 123 cm³/mol. The lowest BCUT2D eigenvalue weighted by Gasteiger charge is -2.25. The zero-order chi connectivity index (χ0) is 23.7. The number of nitrogens with one attached hydrogen (secondary N) is 1. The van der Waals surface area contributed by atoms with E-state index in [1.807, 2.05) is 6.92 Å². The summed E-state index contributed by atoms with van der Waals surface area (Å²) in [5, 5.41) is 27.6. The van der Waals surface area contributed by atoms with Gasteiger partial charge in [0.25, 0.3) is 0 Å². The molecule has 0 aliphatic carbocycles. The standard InChI is InChI=1S/C23H21BrN4O5/c1-4-32-17-8-11(7-15(24)21(17)29)18-14(10-25)22(26)33-23-19(18)20(27-28-23)13-9-12(30-2)5-6-16(13)31-3/h5-9,18,29H,4,26H2,1-3H3,(H,27,28)/t18-/m0/s1. The molecule has 170 valence electrons. The molecule has 3 aromatic rings. The number of phenols is 1. The van der Waals surface area contributed by atoms with Crippen molar-refractivity contribution in [1.29, 1.82) is 5.26 Å². The molecule has 4 rings (SSSR count). The SMILES string of the molecule is CCOc1cc([C@H]2C(C#N)=C(N)Oc3n[nH]c(-c4cc(OC)ccc4OC)c32)cc(Br)c1O. The van der Waals surface area contributed by atoms with Crippen LogP contribution in [0.1, 0.15) is 24.0 Å². The van der Waals surface area contributed by atoms with Gasteiger partial charge in [-0.15, -0.1) is 5.10 Å². The van der Waals surface area contributed by atoms with Crippen LogP contribution in [0.5, 0.6) is 28.9 Å². The summed E-state index contributed by atoms with van der Waals surface area (Å²) in [5.41, 5.74) is 8.77. The first kappa shape index (κ1) is 22.4. The molecular weight excluding hydrogens is 492 g/mol. The van der Waals surface area contributed by atoms with E-state index in [1.165, 1.54) is 0 Å². The molecule has 2 aromatic carbocycles. The quantitative estimate of drug-likeness (QED) is 0.447. The third-order valence-corrected chi connectivity index (χ3v) is 5.90. The Balaban J connectivity index is 1.99. The molecule has 2 heterocycles. The van der Waals surface area contributed by atoms with E-state index in [0.29, 0.717) is 45.0 Å². The van der Waals surface area contributed by atoms with E-state index < -0.39 is 5.92 Å². The molecule has 33 heavy (non-hydrogen) atoms. The molecule has 0 spiro atoms. The van der Waals surface area contributed by atoms with Crippen LogP contribution < -0.4 is 24.7 Å². The van der Waals surface area contributed by atoms with Gasteiger partial charge in [-0.2, -0.15) is 5.26 Å². The Hall–Kier alpha value is -3.84. The number of hydrogen-bond donors (Lipinski definition) is 3. The number of aromatic amines is 1. The monoisotopic (exact) mass is 512 g/mol. The van der Waals surface area contributed by atoms with Gasteiger partial charge in [-0.25, -0.2) is 0 Å². The van der Waals surface area contributed by atoms with E-state index in [-0.39, 0.29) is 28.8 Å². The van der Waals surface area contributed by atoms with E-state index in [4.69, 9.17) is 24.7 Å². The van der Waals surface area contributed by atoms with Crippen molar-refractivity contribution in [3.8, 4) is 46.2 Å². The van der Waals surface area contributed by atoms with Crippen LogP contribution in [-0.4, -0.2) is 36.1 Å². The number of nitriles is 1. The first-order chi connectivity index (χ1) is 15.9. The molecular formula is C23H21BrN4O5. The van der Waals surface area contributed by atoms with Crippen molar-refractivity contribution in [3.05, 3.63) is 57.4 Å². The highest BCUT2D eigenvalue weighted by molar-refractivity contribution is 9.10. The van der Waals surface area contributed by atoms with E-state index in [2.05, 4.69) is 32.2 Å². The lowest BCUT2D eigenvalue weighted by atomic mass is 9.82. The van der Waals surface area contributed by atoms with Gasteiger partial charge < -0.3 is 29.8 Å². The van der Waals surface area contributed by atoms with Crippen LogP contribution in [0, 0.1) is 11.3 Å². The average Bonchev–Trinajstić information content (AvgIpc) is 3.23. The number of halogens is 1. The molecule has 1 aliphatic heterocycles. The van der Waals surface area contributed by atoms with Crippen LogP contribution in [0.25, 0.3) is 11.3 Å². The smallest absolute Gasteiger partial charge is 0.244 e. The minimum Gasteiger partial charge on any atom is -0.503 e. The summed E-state index contributed by atoms with van der Waals surface area (Å²) in [6.07, 6.45) is 0. The largest absolute Gasteiger partial charge is 0.503 e. The predicted octanol–water partition coefficient (Wildman–Crippen LogP) is 4.18. The van der Waals surface area contributed by atoms with Crippen molar-refractivity contribution < 1.29 is 24.1 Å². The maximum atomic E-state index is 10.4. The Bertz CT molecular complexity index is 1290. The second kappa shape index (κ2) is 8.96. The second-order valence-corrected chi connectivity index (χ2v) is 7.95. The van der Waals surface area contributed by atoms with E-state index >= 15 is 0 Å². The number of benzene rings is 2. The number of allylic oxidation sites excluding steroid dienone is 1. The van der Waals surface area contributed by atoms with Crippen molar-refractivity contribution in [2.45, 2.75) is 12.8 Å². The summed E-state index contributed by atoms with van der Waals surface area (Å²) >= 11 is 3.37. The number of H-pyrrole nitrogens is 1. The number of hydrogen-bond acceptors (Lipinski definition) is 8. The number of aromatic hydroxyl groups is 1. The Morgan fingerprint density at radius 1 is 1.24 bits per heavy atom.